The number of aliphatic carboxylic acids is 1. The number of ether oxygens (including phenoxy) is 3. The summed E-state index contributed by atoms with van der Waals surface area (Å²) < 4.78 is 16.5. The molecular formula is C30H47NO8. The third-order valence-electron chi connectivity index (χ3n) is 6.71. The van der Waals surface area contributed by atoms with Crippen molar-refractivity contribution in [3.8, 4) is 11.5 Å². The van der Waals surface area contributed by atoms with Crippen LogP contribution in [0.5, 0.6) is 11.5 Å². The van der Waals surface area contributed by atoms with Crippen LogP contribution in [0.1, 0.15) is 92.6 Å². The van der Waals surface area contributed by atoms with Crippen molar-refractivity contribution in [2.75, 3.05) is 6.54 Å². The van der Waals surface area contributed by atoms with Gasteiger partial charge in [0.2, 0.25) is 0 Å². The fourth-order valence-corrected chi connectivity index (χ4v) is 3.73. The first-order chi connectivity index (χ1) is 18.4. The first-order valence-corrected chi connectivity index (χ1v) is 14.1. The van der Waals surface area contributed by atoms with E-state index in [9.17, 15) is 24.3 Å². The number of hydrogen-bond donors (Lipinski definition) is 2. The monoisotopic (exact) mass is 549 g/mol. The highest BCUT2D eigenvalue weighted by molar-refractivity contribution is 5.77. The lowest BCUT2D eigenvalue weighted by Gasteiger charge is -2.20. The molecule has 9 heteroatoms. The molecule has 0 fully saturated rings. The van der Waals surface area contributed by atoms with Crippen molar-refractivity contribution in [3.05, 3.63) is 23.8 Å². The minimum atomic E-state index is -1.08. The molecule has 1 aromatic rings. The van der Waals surface area contributed by atoms with Gasteiger partial charge in [-0.15, -0.1) is 0 Å². The van der Waals surface area contributed by atoms with E-state index < -0.39 is 30.1 Å². The molecule has 0 saturated heterocycles. The van der Waals surface area contributed by atoms with Crippen LogP contribution < -0.4 is 14.8 Å². The molecule has 4 unspecified atom stereocenters. The topological polar surface area (TPSA) is 128 Å². The molecule has 0 radical (unpaired) electrons. The molecule has 0 heterocycles. The van der Waals surface area contributed by atoms with Gasteiger partial charge in [-0.05, 0) is 49.3 Å². The number of esters is 3. The number of benzene rings is 1. The summed E-state index contributed by atoms with van der Waals surface area (Å²) in [6, 6.07) is 3.72. The predicted octanol–water partition coefficient (Wildman–Crippen LogP) is 5.32. The van der Waals surface area contributed by atoms with Crippen LogP contribution >= 0.6 is 0 Å². The number of nitrogens with one attached hydrogen (secondary N) is 1. The lowest BCUT2D eigenvalue weighted by molar-refractivity contribution is -0.152. The highest BCUT2D eigenvalue weighted by Gasteiger charge is 2.23. The van der Waals surface area contributed by atoms with Gasteiger partial charge in [0, 0.05) is 19.4 Å². The molecule has 0 aliphatic carbocycles. The minimum Gasteiger partial charge on any atom is -0.480 e. The van der Waals surface area contributed by atoms with E-state index >= 15 is 0 Å². The van der Waals surface area contributed by atoms with Crippen LogP contribution in [0.25, 0.3) is 0 Å². The fraction of sp³-hybridized carbons (Fsp3) is 0.667. The zero-order valence-corrected chi connectivity index (χ0v) is 24.6. The van der Waals surface area contributed by atoms with E-state index in [0.717, 1.165) is 25.7 Å². The number of carboxylic acids is 1. The van der Waals surface area contributed by atoms with E-state index in [1.807, 2.05) is 41.5 Å². The second-order valence-electron chi connectivity index (χ2n) is 10.6. The molecule has 39 heavy (non-hydrogen) atoms. The Morgan fingerprint density at radius 1 is 0.872 bits per heavy atom. The smallest absolute Gasteiger partial charge is 0.321 e. The van der Waals surface area contributed by atoms with E-state index in [1.54, 1.807) is 13.0 Å². The summed E-state index contributed by atoms with van der Waals surface area (Å²) >= 11 is 0. The van der Waals surface area contributed by atoms with E-state index in [0.29, 0.717) is 5.56 Å². The van der Waals surface area contributed by atoms with Crippen molar-refractivity contribution < 1.29 is 38.5 Å². The fourth-order valence-electron chi connectivity index (χ4n) is 3.73. The number of carbonyl (C=O) groups is 4. The molecule has 0 aliphatic heterocycles. The summed E-state index contributed by atoms with van der Waals surface area (Å²) in [5.41, 5.74) is 0.573. The highest BCUT2D eigenvalue weighted by atomic mass is 16.6. The Kier molecular flexibility index (Phi) is 15.4. The molecule has 0 aromatic heterocycles. The number of hydrogen-bond acceptors (Lipinski definition) is 8. The van der Waals surface area contributed by atoms with Crippen LogP contribution in [0.3, 0.4) is 0 Å². The number of rotatable bonds is 18. The third-order valence-corrected chi connectivity index (χ3v) is 6.71. The molecule has 1 rings (SSSR count). The molecular weight excluding hydrogens is 502 g/mol. The molecule has 2 N–H and O–H groups in total. The average molecular weight is 550 g/mol. The average Bonchev–Trinajstić information content (AvgIpc) is 2.87. The summed E-state index contributed by atoms with van der Waals surface area (Å²) in [5, 5.41) is 12.7. The summed E-state index contributed by atoms with van der Waals surface area (Å²) in [6.45, 7) is 13.5. The third kappa shape index (κ3) is 13.1. The van der Waals surface area contributed by atoms with Gasteiger partial charge >= 0.3 is 23.9 Å². The van der Waals surface area contributed by atoms with Crippen LogP contribution in [-0.2, 0) is 30.3 Å². The van der Waals surface area contributed by atoms with Crippen molar-refractivity contribution in [1.82, 2.24) is 5.32 Å². The summed E-state index contributed by atoms with van der Waals surface area (Å²) in [4.78, 5) is 49.1. The van der Waals surface area contributed by atoms with Gasteiger partial charge in [-0.2, -0.15) is 0 Å². The van der Waals surface area contributed by atoms with Crippen LogP contribution in [-0.4, -0.2) is 47.7 Å². The largest absolute Gasteiger partial charge is 0.480 e. The lowest BCUT2D eigenvalue weighted by atomic mass is 10.0. The molecule has 0 spiro atoms. The van der Waals surface area contributed by atoms with Crippen LogP contribution in [0.2, 0.25) is 0 Å². The molecule has 0 amide bonds. The van der Waals surface area contributed by atoms with E-state index in [-0.39, 0.29) is 61.0 Å². The van der Waals surface area contributed by atoms with E-state index in [4.69, 9.17) is 14.2 Å². The maximum absolute atomic E-state index is 12.5. The summed E-state index contributed by atoms with van der Waals surface area (Å²) in [7, 11) is 0. The SMILES string of the molecule is CCCC(C)C(=O)OC(C)CN[C@@H](Cc1ccc(OC(=O)CC(C)CC)c(OC(=O)CC(C)CC)c1)C(=O)O. The molecule has 0 bridgehead atoms. The Bertz CT molecular complexity index is 947. The summed E-state index contributed by atoms with van der Waals surface area (Å²) in [6.07, 6.45) is 3.21. The molecule has 220 valence electrons. The van der Waals surface area contributed by atoms with Crippen LogP contribution in [0.4, 0.5) is 0 Å². The van der Waals surface area contributed by atoms with Gasteiger partial charge in [0.1, 0.15) is 12.1 Å². The first kappa shape index (κ1) is 34.1. The number of carbonyl (C=O) groups excluding carboxylic acids is 3. The van der Waals surface area contributed by atoms with Crippen LogP contribution in [0, 0.1) is 17.8 Å². The molecule has 0 saturated carbocycles. The van der Waals surface area contributed by atoms with Crippen LogP contribution in [0.15, 0.2) is 18.2 Å². The predicted molar refractivity (Wildman–Crippen MR) is 149 cm³/mol. The summed E-state index contributed by atoms with van der Waals surface area (Å²) in [5.74, 6) is -2.02. The Morgan fingerprint density at radius 3 is 1.95 bits per heavy atom. The van der Waals surface area contributed by atoms with Crippen molar-refractivity contribution in [3.63, 3.8) is 0 Å². The van der Waals surface area contributed by atoms with Gasteiger partial charge in [-0.25, -0.2) is 0 Å². The molecule has 9 nitrogen and oxygen atoms in total. The normalized spacial score (nSPS) is 14.9. The van der Waals surface area contributed by atoms with E-state index in [1.165, 1.54) is 12.1 Å². The number of carboxylic acid groups (broad SMARTS) is 1. The quantitative estimate of drug-likeness (QED) is 0.185. The maximum Gasteiger partial charge on any atom is 0.321 e. The van der Waals surface area contributed by atoms with Gasteiger partial charge in [0.25, 0.3) is 0 Å². The Labute approximate surface area is 233 Å². The van der Waals surface area contributed by atoms with Gasteiger partial charge < -0.3 is 24.6 Å². The van der Waals surface area contributed by atoms with Gasteiger partial charge in [0.05, 0.1) is 5.92 Å². The Balaban J connectivity index is 3.01. The van der Waals surface area contributed by atoms with Crippen molar-refractivity contribution in [2.45, 2.75) is 106 Å². The lowest BCUT2D eigenvalue weighted by Crippen LogP contribution is -2.43. The van der Waals surface area contributed by atoms with Crippen molar-refractivity contribution in [2.24, 2.45) is 17.8 Å². The Morgan fingerprint density at radius 2 is 1.44 bits per heavy atom. The molecule has 1 aromatic carbocycles. The first-order valence-electron chi connectivity index (χ1n) is 14.1. The highest BCUT2D eigenvalue weighted by Crippen LogP contribution is 2.31. The zero-order chi connectivity index (χ0) is 29.5. The Hall–Kier alpha value is -2.94. The zero-order valence-electron chi connectivity index (χ0n) is 24.6. The van der Waals surface area contributed by atoms with Gasteiger partial charge in [-0.3, -0.25) is 19.2 Å². The maximum atomic E-state index is 12.5. The van der Waals surface area contributed by atoms with Gasteiger partial charge in [-0.1, -0.05) is 66.9 Å². The second-order valence-corrected chi connectivity index (χ2v) is 10.6. The van der Waals surface area contributed by atoms with Crippen molar-refractivity contribution >= 4 is 23.9 Å². The molecule has 5 atom stereocenters. The standard InChI is InChI=1S/C30H47NO8/c1-8-11-21(6)30(36)37-22(7)18-31-24(29(34)35)16-23-12-13-25(38-27(32)14-19(4)9-2)26(17-23)39-28(33)15-20(5)10-3/h12-13,17,19-22,24,31H,8-11,14-16,18H2,1-7H3,(H,34,35)/t19?,20?,21?,22?,24-/m0/s1. The minimum absolute atomic E-state index is 0.0687. The molecule has 0 aliphatic rings. The van der Waals surface area contributed by atoms with E-state index in [2.05, 4.69) is 5.32 Å². The van der Waals surface area contributed by atoms with Gasteiger partial charge in [0.15, 0.2) is 11.5 Å². The second kappa shape index (κ2) is 17.6. The van der Waals surface area contributed by atoms with Crippen molar-refractivity contribution in [1.29, 1.82) is 0 Å².